The number of amides is 1. The fourth-order valence-corrected chi connectivity index (χ4v) is 4.03. The van der Waals surface area contributed by atoms with Gasteiger partial charge in [-0.2, -0.15) is 0 Å². The van der Waals surface area contributed by atoms with Crippen molar-refractivity contribution in [3.8, 4) is 5.75 Å². The minimum Gasteiger partial charge on any atom is -0.482 e. The standard InChI is InChI=1S/C19H21ClN2O5S/c1-14-2-4-15(5-3-14)21-28(24,25)16-6-7-18(17(20)12-16)27-13-19(23)22-8-10-26-11-9-22/h2-7,12,21H,8-11,13H2,1H3. The highest BCUT2D eigenvalue weighted by molar-refractivity contribution is 7.92. The summed E-state index contributed by atoms with van der Waals surface area (Å²) in [6.07, 6.45) is 0. The van der Waals surface area contributed by atoms with Gasteiger partial charge in [0, 0.05) is 18.8 Å². The molecule has 0 spiro atoms. The topological polar surface area (TPSA) is 84.9 Å². The van der Waals surface area contributed by atoms with E-state index in [2.05, 4.69) is 4.72 Å². The maximum Gasteiger partial charge on any atom is 0.261 e. The van der Waals surface area contributed by atoms with Gasteiger partial charge in [0.15, 0.2) is 6.61 Å². The lowest BCUT2D eigenvalue weighted by Gasteiger charge is -2.26. The van der Waals surface area contributed by atoms with Crippen LogP contribution in [0, 0.1) is 6.92 Å². The van der Waals surface area contributed by atoms with E-state index >= 15 is 0 Å². The first-order valence-corrected chi connectivity index (χ1v) is 10.6. The van der Waals surface area contributed by atoms with Gasteiger partial charge in [-0.05, 0) is 37.3 Å². The van der Waals surface area contributed by atoms with Gasteiger partial charge in [0.1, 0.15) is 5.75 Å². The first-order chi connectivity index (χ1) is 13.3. The molecule has 2 aromatic rings. The second-order valence-corrected chi connectivity index (χ2v) is 8.44. The molecule has 28 heavy (non-hydrogen) atoms. The van der Waals surface area contributed by atoms with Crippen molar-refractivity contribution >= 4 is 33.2 Å². The van der Waals surface area contributed by atoms with Crippen LogP contribution < -0.4 is 9.46 Å². The van der Waals surface area contributed by atoms with Gasteiger partial charge in [0.2, 0.25) is 0 Å². The van der Waals surface area contributed by atoms with E-state index in [9.17, 15) is 13.2 Å². The zero-order valence-corrected chi connectivity index (χ0v) is 16.9. The number of morpholine rings is 1. The molecule has 0 saturated carbocycles. The number of halogens is 1. The smallest absolute Gasteiger partial charge is 0.261 e. The molecule has 3 rings (SSSR count). The summed E-state index contributed by atoms with van der Waals surface area (Å²) in [6, 6.07) is 11.1. The van der Waals surface area contributed by atoms with Crippen molar-refractivity contribution in [3.63, 3.8) is 0 Å². The number of aryl methyl sites for hydroxylation is 1. The maximum atomic E-state index is 12.5. The highest BCUT2D eigenvalue weighted by Gasteiger charge is 2.19. The number of nitrogens with one attached hydrogen (secondary N) is 1. The average molecular weight is 425 g/mol. The van der Waals surface area contributed by atoms with Crippen molar-refractivity contribution in [2.24, 2.45) is 0 Å². The number of anilines is 1. The van der Waals surface area contributed by atoms with Gasteiger partial charge in [0.05, 0.1) is 23.1 Å². The Morgan fingerprint density at radius 1 is 1.18 bits per heavy atom. The second-order valence-electron chi connectivity index (χ2n) is 6.35. The molecule has 150 valence electrons. The first kappa shape index (κ1) is 20.4. The van der Waals surface area contributed by atoms with E-state index in [-0.39, 0.29) is 28.2 Å². The van der Waals surface area contributed by atoms with Crippen molar-refractivity contribution < 1.29 is 22.7 Å². The average Bonchev–Trinajstić information content (AvgIpc) is 2.69. The summed E-state index contributed by atoms with van der Waals surface area (Å²) in [4.78, 5) is 13.8. The number of benzene rings is 2. The molecule has 1 saturated heterocycles. The third kappa shape index (κ3) is 5.15. The molecule has 0 aliphatic carbocycles. The Morgan fingerprint density at radius 3 is 2.50 bits per heavy atom. The zero-order chi connectivity index (χ0) is 20.1. The van der Waals surface area contributed by atoms with Crippen molar-refractivity contribution in [2.45, 2.75) is 11.8 Å². The van der Waals surface area contributed by atoms with Crippen LogP contribution in [0.1, 0.15) is 5.56 Å². The molecule has 1 N–H and O–H groups in total. The van der Waals surface area contributed by atoms with Crippen LogP contribution in [0.15, 0.2) is 47.4 Å². The molecular formula is C19H21ClN2O5S. The predicted molar refractivity (Wildman–Crippen MR) is 106 cm³/mol. The molecule has 1 fully saturated rings. The fourth-order valence-electron chi connectivity index (χ4n) is 2.64. The Bertz CT molecular complexity index is 941. The van der Waals surface area contributed by atoms with Crippen molar-refractivity contribution in [1.82, 2.24) is 4.90 Å². The van der Waals surface area contributed by atoms with Crippen molar-refractivity contribution in [2.75, 3.05) is 37.6 Å². The Hall–Kier alpha value is -2.29. The highest BCUT2D eigenvalue weighted by atomic mass is 35.5. The summed E-state index contributed by atoms with van der Waals surface area (Å²) < 4.78 is 38.3. The third-order valence-electron chi connectivity index (χ3n) is 4.23. The molecule has 9 heteroatoms. The minimum atomic E-state index is -3.79. The molecular weight excluding hydrogens is 404 g/mol. The largest absolute Gasteiger partial charge is 0.482 e. The van der Waals surface area contributed by atoms with Gasteiger partial charge in [-0.25, -0.2) is 8.42 Å². The zero-order valence-electron chi connectivity index (χ0n) is 15.4. The summed E-state index contributed by atoms with van der Waals surface area (Å²) in [5.41, 5.74) is 1.48. The molecule has 1 aliphatic heterocycles. The number of ether oxygens (including phenoxy) is 2. The molecule has 7 nitrogen and oxygen atoms in total. The van der Waals surface area contributed by atoms with Crippen LogP contribution in [0.4, 0.5) is 5.69 Å². The molecule has 0 radical (unpaired) electrons. The van der Waals surface area contributed by atoms with Gasteiger partial charge in [0.25, 0.3) is 15.9 Å². The Morgan fingerprint density at radius 2 is 1.86 bits per heavy atom. The minimum absolute atomic E-state index is 0.00457. The summed E-state index contributed by atoms with van der Waals surface area (Å²) in [5.74, 6) is 0.0784. The predicted octanol–water partition coefficient (Wildman–Crippen LogP) is 2.69. The van der Waals surface area contributed by atoms with Gasteiger partial charge in [-0.1, -0.05) is 29.3 Å². The number of rotatable bonds is 6. The number of hydrogen-bond donors (Lipinski definition) is 1. The SMILES string of the molecule is Cc1ccc(NS(=O)(=O)c2ccc(OCC(=O)N3CCOCC3)c(Cl)c2)cc1. The lowest BCUT2D eigenvalue weighted by atomic mass is 10.2. The summed E-state index contributed by atoms with van der Waals surface area (Å²) in [5, 5.41) is 0.113. The highest BCUT2D eigenvalue weighted by Crippen LogP contribution is 2.28. The van der Waals surface area contributed by atoms with Crippen LogP contribution in [0.3, 0.4) is 0 Å². The quantitative estimate of drug-likeness (QED) is 0.770. The van der Waals surface area contributed by atoms with Gasteiger partial charge < -0.3 is 14.4 Å². The Labute approximate surface area is 169 Å². The monoisotopic (exact) mass is 424 g/mol. The van der Waals surface area contributed by atoms with Gasteiger partial charge in [-0.3, -0.25) is 9.52 Å². The van der Waals surface area contributed by atoms with E-state index in [0.29, 0.717) is 32.0 Å². The van der Waals surface area contributed by atoms with E-state index in [4.69, 9.17) is 21.1 Å². The molecule has 0 unspecified atom stereocenters. The van der Waals surface area contributed by atoms with Gasteiger partial charge >= 0.3 is 0 Å². The van der Waals surface area contributed by atoms with Crippen LogP contribution in [0.25, 0.3) is 0 Å². The van der Waals surface area contributed by atoms with Crippen LogP contribution in [-0.2, 0) is 19.6 Å². The Kier molecular flexibility index (Phi) is 6.43. The first-order valence-electron chi connectivity index (χ1n) is 8.72. The number of sulfonamides is 1. The third-order valence-corrected chi connectivity index (χ3v) is 5.91. The van der Waals surface area contributed by atoms with Crippen LogP contribution in [0.5, 0.6) is 5.75 Å². The molecule has 1 heterocycles. The fraction of sp³-hybridized carbons (Fsp3) is 0.316. The van der Waals surface area contributed by atoms with E-state index in [1.165, 1.54) is 18.2 Å². The number of carbonyl (C=O) groups excluding carboxylic acids is 1. The molecule has 2 aromatic carbocycles. The van der Waals surface area contributed by atoms with E-state index in [1.54, 1.807) is 17.0 Å². The second kappa shape index (κ2) is 8.81. The van der Waals surface area contributed by atoms with Crippen LogP contribution >= 0.6 is 11.6 Å². The molecule has 0 atom stereocenters. The lowest BCUT2D eigenvalue weighted by Crippen LogP contribution is -2.43. The van der Waals surface area contributed by atoms with E-state index in [1.807, 2.05) is 19.1 Å². The van der Waals surface area contributed by atoms with Gasteiger partial charge in [-0.15, -0.1) is 0 Å². The van der Waals surface area contributed by atoms with Crippen LogP contribution in [0.2, 0.25) is 5.02 Å². The number of carbonyl (C=O) groups is 1. The maximum absolute atomic E-state index is 12.5. The lowest BCUT2D eigenvalue weighted by molar-refractivity contribution is -0.137. The summed E-state index contributed by atoms with van der Waals surface area (Å²) >= 11 is 6.17. The Balaban J connectivity index is 1.65. The normalized spacial score (nSPS) is 14.6. The van der Waals surface area contributed by atoms with E-state index in [0.717, 1.165) is 5.56 Å². The molecule has 0 aromatic heterocycles. The van der Waals surface area contributed by atoms with Crippen molar-refractivity contribution in [3.05, 3.63) is 53.1 Å². The van der Waals surface area contributed by atoms with Crippen molar-refractivity contribution in [1.29, 1.82) is 0 Å². The summed E-state index contributed by atoms with van der Waals surface area (Å²) in [7, 11) is -3.79. The molecule has 1 amide bonds. The number of hydrogen-bond acceptors (Lipinski definition) is 5. The summed E-state index contributed by atoms with van der Waals surface area (Å²) in [6.45, 7) is 3.81. The number of nitrogens with zero attached hydrogens (tertiary/aromatic N) is 1. The molecule has 0 bridgehead atoms. The van der Waals surface area contributed by atoms with E-state index < -0.39 is 10.0 Å². The molecule has 1 aliphatic rings. The van der Waals surface area contributed by atoms with Crippen LogP contribution in [-0.4, -0.2) is 52.1 Å².